The summed E-state index contributed by atoms with van der Waals surface area (Å²) in [5, 5.41) is 11.7. The SMILES string of the molecule is CN(CCC(F)(F)F)C(=O)NC1(C(=O)O)CCCCC1. The third-order valence-electron chi connectivity index (χ3n) is 3.54. The van der Waals surface area contributed by atoms with Crippen LogP contribution in [0.1, 0.15) is 38.5 Å². The second-order valence-electron chi connectivity index (χ2n) is 5.16. The smallest absolute Gasteiger partial charge is 0.390 e. The number of aliphatic carboxylic acids is 1. The number of hydrogen-bond donors (Lipinski definition) is 2. The van der Waals surface area contributed by atoms with Crippen molar-refractivity contribution in [1.82, 2.24) is 10.2 Å². The first-order valence-electron chi connectivity index (χ1n) is 6.50. The highest BCUT2D eigenvalue weighted by Crippen LogP contribution is 2.28. The molecular formula is C12H19F3N2O3. The Bertz CT molecular complexity index is 365. The summed E-state index contributed by atoms with van der Waals surface area (Å²) in [4.78, 5) is 24.0. The van der Waals surface area contributed by atoms with Crippen LogP contribution < -0.4 is 5.32 Å². The first-order valence-corrected chi connectivity index (χ1v) is 6.50. The molecule has 0 aromatic carbocycles. The van der Waals surface area contributed by atoms with Gasteiger partial charge >= 0.3 is 18.2 Å². The number of hydrogen-bond acceptors (Lipinski definition) is 2. The quantitative estimate of drug-likeness (QED) is 0.836. The maximum Gasteiger partial charge on any atom is 0.390 e. The van der Waals surface area contributed by atoms with Gasteiger partial charge in [0.25, 0.3) is 0 Å². The Hall–Kier alpha value is -1.47. The zero-order valence-corrected chi connectivity index (χ0v) is 11.3. The predicted octanol–water partition coefficient (Wildman–Crippen LogP) is 2.37. The number of halogens is 3. The Kier molecular flexibility index (Phi) is 5.24. The Balaban J connectivity index is 2.60. The number of alkyl halides is 3. The van der Waals surface area contributed by atoms with Gasteiger partial charge in [0, 0.05) is 13.6 Å². The van der Waals surface area contributed by atoms with E-state index in [2.05, 4.69) is 5.32 Å². The molecule has 2 N–H and O–H groups in total. The topological polar surface area (TPSA) is 69.6 Å². The average molecular weight is 296 g/mol. The molecule has 0 aliphatic heterocycles. The highest BCUT2D eigenvalue weighted by molar-refractivity contribution is 5.86. The van der Waals surface area contributed by atoms with Gasteiger partial charge in [0.1, 0.15) is 5.54 Å². The molecule has 8 heteroatoms. The minimum Gasteiger partial charge on any atom is -0.480 e. The monoisotopic (exact) mass is 296 g/mol. The molecule has 0 heterocycles. The van der Waals surface area contributed by atoms with Gasteiger partial charge in [-0.25, -0.2) is 9.59 Å². The van der Waals surface area contributed by atoms with E-state index in [1.807, 2.05) is 0 Å². The first-order chi connectivity index (χ1) is 9.16. The van der Waals surface area contributed by atoms with Crippen LogP contribution in [0.15, 0.2) is 0 Å². The Morgan fingerprint density at radius 1 is 1.25 bits per heavy atom. The van der Waals surface area contributed by atoms with E-state index in [-0.39, 0.29) is 0 Å². The highest BCUT2D eigenvalue weighted by atomic mass is 19.4. The zero-order chi connectivity index (χ0) is 15.4. The molecule has 0 saturated heterocycles. The fourth-order valence-electron chi connectivity index (χ4n) is 2.24. The molecule has 0 unspecified atom stereocenters. The van der Waals surface area contributed by atoms with Crippen LogP contribution in [0.5, 0.6) is 0 Å². The van der Waals surface area contributed by atoms with Gasteiger partial charge in [-0.3, -0.25) is 0 Å². The predicted molar refractivity (Wildman–Crippen MR) is 65.3 cm³/mol. The van der Waals surface area contributed by atoms with Crippen molar-refractivity contribution < 1.29 is 27.9 Å². The van der Waals surface area contributed by atoms with E-state index in [4.69, 9.17) is 0 Å². The molecule has 116 valence electrons. The number of amides is 2. The molecule has 20 heavy (non-hydrogen) atoms. The van der Waals surface area contributed by atoms with Gasteiger partial charge in [-0.15, -0.1) is 0 Å². The normalized spacial score (nSPS) is 18.4. The minimum atomic E-state index is -4.34. The summed E-state index contributed by atoms with van der Waals surface area (Å²) in [6.07, 6.45) is -2.59. The van der Waals surface area contributed by atoms with Crippen LogP contribution in [0.2, 0.25) is 0 Å². The number of rotatable bonds is 4. The fourth-order valence-corrected chi connectivity index (χ4v) is 2.24. The third kappa shape index (κ3) is 4.57. The highest BCUT2D eigenvalue weighted by Gasteiger charge is 2.41. The van der Waals surface area contributed by atoms with Gasteiger partial charge < -0.3 is 15.3 Å². The molecule has 1 saturated carbocycles. The van der Waals surface area contributed by atoms with Crippen molar-refractivity contribution >= 4 is 12.0 Å². The number of urea groups is 1. The van der Waals surface area contributed by atoms with Gasteiger partial charge in [0.15, 0.2) is 0 Å². The first kappa shape index (κ1) is 16.6. The van der Waals surface area contributed by atoms with E-state index in [1.165, 1.54) is 7.05 Å². The van der Waals surface area contributed by atoms with Crippen molar-refractivity contribution in [1.29, 1.82) is 0 Å². The molecule has 1 aliphatic rings. The van der Waals surface area contributed by atoms with Crippen LogP contribution >= 0.6 is 0 Å². The van der Waals surface area contributed by atoms with E-state index in [1.54, 1.807) is 0 Å². The minimum absolute atomic E-state index is 0.307. The molecule has 0 atom stereocenters. The molecule has 2 amide bonds. The molecule has 1 fully saturated rings. The summed E-state index contributed by atoms with van der Waals surface area (Å²) < 4.78 is 36.3. The standard InChI is InChI=1S/C12H19F3N2O3/c1-17(8-7-12(13,14)15)10(20)16-11(9(18)19)5-3-2-4-6-11/h2-8H2,1H3,(H,16,20)(H,18,19). The molecule has 0 aromatic heterocycles. The van der Waals surface area contributed by atoms with Crippen molar-refractivity contribution in [2.24, 2.45) is 0 Å². The molecule has 0 spiro atoms. The summed E-state index contributed by atoms with van der Waals surface area (Å²) >= 11 is 0. The van der Waals surface area contributed by atoms with Crippen molar-refractivity contribution in [2.75, 3.05) is 13.6 Å². The largest absolute Gasteiger partial charge is 0.480 e. The summed E-state index contributed by atoms with van der Waals surface area (Å²) in [5.41, 5.74) is -1.35. The van der Waals surface area contributed by atoms with E-state index >= 15 is 0 Å². The second-order valence-corrected chi connectivity index (χ2v) is 5.16. The molecule has 1 aliphatic carbocycles. The summed E-state index contributed by atoms with van der Waals surface area (Å²) in [6, 6.07) is -0.779. The Labute approximate surface area is 115 Å². The van der Waals surface area contributed by atoms with Crippen LogP contribution in [0, 0.1) is 0 Å². The van der Waals surface area contributed by atoms with E-state index < -0.39 is 36.7 Å². The lowest BCUT2D eigenvalue weighted by Gasteiger charge is -2.35. The number of carboxylic acid groups (broad SMARTS) is 1. The Morgan fingerprint density at radius 2 is 1.80 bits per heavy atom. The molecule has 0 radical (unpaired) electrons. The van der Waals surface area contributed by atoms with Crippen molar-refractivity contribution in [3.8, 4) is 0 Å². The van der Waals surface area contributed by atoms with Gasteiger partial charge in [-0.1, -0.05) is 19.3 Å². The number of nitrogens with zero attached hydrogens (tertiary/aromatic N) is 1. The number of carboxylic acids is 1. The third-order valence-corrected chi connectivity index (χ3v) is 3.54. The van der Waals surface area contributed by atoms with Crippen LogP contribution in [0.4, 0.5) is 18.0 Å². The zero-order valence-electron chi connectivity index (χ0n) is 11.3. The molecule has 0 bridgehead atoms. The van der Waals surface area contributed by atoms with Crippen LogP contribution in [0.25, 0.3) is 0 Å². The average Bonchev–Trinajstić information content (AvgIpc) is 2.35. The Morgan fingerprint density at radius 3 is 2.25 bits per heavy atom. The summed E-state index contributed by atoms with van der Waals surface area (Å²) in [5.74, 6) is -1.13. The van der Waals surface area contributed by atoms with E-state index in [0.29, 0.717) is 25.7 Å². The molecular weight excluding hydrogens is 277 g/mol. The lowest BCUT2D eigenvalue weighted by molar-refractivity contribution is -0.146. The summed E-state index contributed by atoms with van der Waals surface area (Å²) in [6.45, 7) is -0.495. The second kappa shape index (κ2) is 6.32. The lowest BCUT2D eigenvalue weighted by Crippen LogP contribution is -2.58. The fraction of sp³-hybridized carbons (Fsp3) is 0.833. The van der Waals surface area contributed by atoms with Crippen LogP contribution in [0.3, 0.4) is 0 Å². The number of nitrogens with one attached hydrogen (secondary N) is 1. The lowest BCUT2D eigenvalue weighted by atomic mass is 9.82. The maximum absolute atomic E-state index is 12.1. The van der Waals surface area contributed by atoms with Gasteiger partial charge in [0.2, 0.25) is 0 Å². The van der Waals surface area contributed by atoms with E-state index in [9.17, 15) is 27.9 Å². The van der Waals surface area contributed by atoms with Crippen LogP contribution in [-0.4, -0.2) is 47.3 Å². The summed E-state index contributed by atoms with van der Waals surface area (Å²) in [7, 11) is 1.22. The van der Waals surface area contributed by atoms with Gasteiger partial charge in [0.05, 0.1) is 6.42 Å². The van der Waals surface area contributed by atoms with Gasteiger partial charge in [-0.05, 0) is 12.8 Å². The van der Waals surface area contributed by atoms with E-state index in [0.717, 1.165) is 11.3 Å². The number of carbonyl (C=O) groups is 2. The van der Waals surface area contributed by atoms with Crippen molar-refractivity contribution in [3.05, 3.63) is 0 Å². The molecule has 5 nitrogen and oxygen atoms in total. The molecule has 1 rings (SSSR count). The van der Waals surface area contributed by atoms with Crippen LogP contribution in [-0.2, 0) is 4.79 Å². The maximum atomic E-state index is 12.1. The van der Waals surface area contributed by atoms with Gasteiger partial charge in [-0.2, -0.15) is 13.2 Å². The number of carbonyl (C=O) groups excluding carboxylic acids is 1. The van der Waals surface area contributed by atoms with Crippen molar-refractivity contribution in [2.45, 2.75) is 50.2 Å². The molecule has 0 aromatic rings. The van der Waals surface area contributed by atoms with Crippen molar-refractivity contribution in [3.63, 3.8) is 0 Å².